The second-order valence-corrected chi connectivity index (χ2v) is 14.3. The van der Waals surface area contributed by atoms with Crippen LogP contribution in [0.15, 0.2) is 15.0 Å². The maximum atomic E-state index is 13.7. The van der Waals surface area contributed by atoms with E-state index >= 15 is 0 Å². The van der Waals surface area contributed by atoms with Crippen LogP contribution >= 0.6 is 0 Å². The Morgan fingerprint density at radius 1 is 0.423 bits per heavy atom. The molecule has 2 N–H and O–H groups in total. The first kappa shape index (κ1) is 48.9. The number of amides is 4. The van der Waals surface area contributed by atoms with Gasteiger partial charge < -0.3 is 10.6 Å². The van der Waals surface area contributed by atoms with Crippen LogP contribution in [0.25, 0.3) is 0 Å². The fourth-order valence-electron chi connectivity index (χ4n) is 6.50. The van der Waals surface area contributed by atoms with E-state index in [0.717, 1.165) is 75.5 Å². The molecule has 0 fully saturated rings. The molecule has 0 bridgehead atoms. The Bertz CT molecular complexity index is 965. The number of carbonyl (C=O) groups excluding carboxylic acids is 5. The van der Waals surface area contributed by atoms with Crippen LogP contribution in [0.1, 0.15) is 213 Å². The lowest BCUT2D eigenvalue weighted by atomic mass is 10.1. The highest BCUT2D eigenvalue weighted by atomic mass is 16.2. The number of nitrogens with one attached hydrogen (secondary N) is 2. The normalized spacial score (nSPS) is 12.4. The molecule has 52 heavy (non-hydrogen) atoms. The summed E-state index contributed by atoms with van der Waals surface area (Å²) in [6.45, 7) is 6.60. The lowest BCUT2D eigenvalue weighted by Crippen LogP contribution is -2.56. The number of rotatable bonds is 36. The number of urea groups is 2. The van der Waals surface area contributed by atoms with E-state index in [0.29, 0.717) is 19.3 Å². The Morgan fingerprint density at radius 2 is 0.692 bits per heavy atom. The Morgan fingerprint density at radius 3 is 0.981 bits per heavy atom. The molecule has 0 aliphatic carbocycles. The average Bonchev–Trinajstić information content (AvgIpc) is 3.13. The van der Waals surface area contributed by atoms with E-state index in [1.54, 1.807) is 12.2 Å². The first-order valence-corrected chi connectivity index (χ1v) is 21.1. The van der Waals surface area contributed by atoms with Gasteiger partial charge in [0.25, 0.3) is 0 Å². The van der Waals surface area contributed by atoms with E-state index in [2.05, 4.69) is 46.4 Å². The molecule has 0 aromatic heterocycles. The molecule has 0 radical (unpaired) electrons. The summed E-state index contributed by atoms with van der Waals surface area (Å²) in [5, 5.41) is 5.37. The van der Waals surface area contributed by atoms with Crippen LogP contribution in [0.4, 0.5) is 9.59 Å². The molecule has 0 saturated heterocycles. The molecule has 0 aromatic rings. The van der Waals surface area contributed by atoms with Gasteiger partial charge in [-0.05, 0) is 38.5 Å². The van der Waals surface area contributed by atoms with Gasteiger partial charge in [0.1, 0.15) is 18.5 Å². The van der Waals surface area contributed by atoms with E-state index in [-0.39, 0.29) is 6.42 Å². The second-order valence-electron chi connectivity index (χ2n) is 14.3. The van der Waals surface area contributed by atoms with E-state index in [1.165, 1.54) is 102 Å². The van der Waals surface area contributed by atoms with Gasteiger partial charge in [0.2, 0.25) is 18.2 Å². The molecular formula is C41H74N6O5. The van der Waals surface area contributed by atoms with Crippen molar-refractivity contribution in [2.24, 2.45) is 15.0 Å². The van der Waals surface area contributed by atoms with E-state index in [1.807, 2.05) is 0 Å². The third-order valence-electron chi connectivity index (χ3n) is 9.66. The summed E-state index contributed by atoms with van der Waals surface area (Å²) in [7, 11) is 0. The number of hydrogen-bond acceptors (Lipinski definition) is 8. The van der Waals surface area contributed by atoms with Crippen LogP contribution in [-0.4, -0.2) is 53.7 Å². The van der Waals surface area contributed by atoms with Gasteiger partial charge in [-0.25, -0.2) is 28.9 Å². The van der Waals surface area contributed by atoms with E-state index in [9.17, 15) is 24.0 Å². The maximum absolute atomic E-state index is 13.7. The molecule has 11 heteroatoms. The van der Waals surface area contributed by atoms with Gasteiger partial charge >= 0.3 is 12.1 Å². The topological polar surface area (TPSA) is 150 Å². The van der Waals surface area contributed by atoms with Gasteiger partial charge in [-0.15, -0.1) is 0 Å². The summed E-state index contributed by atoms with van der Waals surface area (Å²) in [4.78, 5) is 73.9. The molecule has 0 rings (SSSR count). The van der Waals surface area contributed by atoms with Gasteiger partial charge in [0.15, 0.2) is 0 Å². The number of imide groups is 1. The first-order chi connectivity index (χ1) is 25.5. The molecule has 298 valence electrons. The Hall–Kier alpha value is -3.12. The lowest BCUT2D eigenvalue weighted by molar-refractivity contribution is 0.161. The Labute approximate surface area is 316 Å². The van der Waals surface area contributed by atoms with Crippen LogP contribution in [0.3, 0.4) is 0 Å². The summed E-state index contributed by atoms with van der Waals surface area (Å²) in [5.74, 6) is 0. The van der Waals surface area contributed by atoms with Crippen LogP contribution in [0.5, 0.6) is 0 Å². The van der Waals surface area contributed by atoms with Crippen molar-refractivity contribution in [3.63, 3.8) is 0 Å². The summed E-state index contributed by atoms with van der Waals surface area (Å²) >= 11 is 0. The van der Waals surface area contributed by atoms with Gasteiger partial charge in [0.05, 0.1) is 0 Å². The third kappa shape index (κ3) is 28.5. The SMILES string of the molecule is CCCCCCCCCCCC(N=C=O)NC(=O)N(C(=O)NC(CCCCCCCCCCC)N=C=O)C(CCCCCCCCCCC)N=C=O. The molecular weight excluding hydrogens is 656 g/mol. The first-order valence-electron chi connectivity index (χ1n) is 21.1. The Balaban J connectivity index is 5.50. The maximum Gasteiger partial charge on any atom is 0.329 e. The minimum atomic E-state index is -1.12. The van der Waals surface area contributed by atoms with Gasteiger partial charge in [0, 0.05) is 0 Å². The molecule has 0 aliphatic rings. The molecule has 4 amide bonds. The van der Waals surface area contributed by atoms with Crippen LogP contribution in [0.2, 0.25) is 0 Å². The van der Waals surface area contributed by atoms with Gasteiger partial charge in [-0.1, -0.05) is 175 Å². The summed E-state index contributed by atoms with van der Waals surface area (Å²) in [6, 6.07) is -1.68. The van der Waals surface area contributed by atoms with Crippen molar-refractivity contribution < 1.29 is 24.0 Å². The number of aliphatic imine (C=N–C) groups is 3. The van der Waals surface area contributed by atoms with E-state index in [4.69, 9.17) is 0 Å². The predicted octanol–water partition coefficient (Wildman–Crippen LogP) is 11.5. The van der Waals surface area contributed by atoms with Crippen molar-refractivity contribution in [2.75, 3.05) is 0 Å². The number of unbranched alkanes of at least 4 members (excludes halogenated alkanes) is 24. The van der Waals surface area contributed by atoms with Crippen LogP contribution < -0.4 is 10.6 Å². The van der Waals surface area contributed by atoms with Crippen LogP contribution in [-0.2, 0) is 14.4 Å². The number of hydrogen-bond donors (Lipinski definition) is 2. The third-order valence-corrected chi connectivity index (χ3v) is 9.66. The highest BCUT2D eigenvalue weighted by Gasteiger charge is 2.32. The standard InChI is InChI=1S/C41H74N6O5/c1-4-7-10-13-16-19-22-25-28-31-37(42-34-48)45-40(51)47(39(44-36-50)33-30-27-24-21-18-15-12-9-6-3)41(52)46-38(43-35-49)32-29-26-23-20-17-14-11-8-5-2/h37-39H,4-33H2,1-3H3,(H,45,51)(H,46,52). The number of isocyanates is 3. The van der Waals surface area contributed by atoms with Crippen molar-refractivity contribution in [1.29, 1.82) is 0 Å². The predicted molar refractivity (Wildman–Crippen MR) is 210 cm³/mol. The fourth-order valence-corrected chi connectivity index (χ4v) is 6.50. The summed E-state index contributed by atoms with van der Waals surface area (Å²) in [6.07, 6.45) is 32.6. The smallest absolute Gasteiger partial charge is 0.315 e. The van der Waals surface area contributed by atoms with Crippen molar-refractivity contribution in [3.05, 3.63) is 0 Å². The fraction of sp³-hybridized carbons (Fsp3) is 0.878. The lowest BCUT2D eigenvalue weighted by Gasteiger charge is -2.29. The minimum absolute atomic E-state index is 0.270. The molecule has 0 heterocycles. The zero-order chi connectivity index (χ0) is 38.3. The molecule has 3 unspecified atom stereocenters. The zero-order valence-corrected chi connectivity index (χ0v) is 33.3. The molecule has 3 atom stereocenters. The minimum Gasteiger partial charge on any atom is -0.315 e. The second kappa shape index (κ2) is 37.6. The van der Waals surface area contributed by atoms with Crippen molar-refractivity contribution in [1.82, 2.24) is 15.5 Å². The Kier molecular flexibility index (Phi) is 35.4. The summed E-state index contributed by atoms with van der Waals surface area (Å²) in [5.41, 5.74) is 0. The molecule has 0 saturated carbocycles. The monoisotopic (exact) mass is 731 g/mol. The van der Waals surface area contributed by atoms with Crippen LogP contribution in [0, 0.1) is 0 Å². The van der Waals surface area contributed by atoms with Gasteiger partial charge in [-0.2, -0.15) is 15.0 Å². The average molecular weight is 731 g/mol. The summed E-state index contributed by atoms with van der Waals surface area (Å²) < 4.78 is 0. The highest BCUT2D eigenvalue weighted by Crippen LogP contribution is 2.18. The quantitative estimate of drug-likeness (QED) is 0.0374. The molecule has 0 spiro atoms. The molecule has 0 aliphatic heterocycles. The largest absolute Gasteiger partial charge is 0.329 e. The zero-order valence-electron chi connectivity index (χ0n) is 33.3. The van der Waals surface area contributed by atoms with Gasteiger partial charge in [-0.3, -0.25) is 0 Å². The number of carbonyl (C=O) groups is 2. The molecule has 0 aromatic carbocycles. The van der Waals surface area contributed by atoms with Crippen molar-refractivity contribution >= 4 is 30.3 Å². The van der Waals surface area contributed by atoms with Crippen molar-refractivity contribution in [3.8, 4) is 0 Å². The number of nitrogens with zero attached hydrogens (tertiary/aromatic N) is 4. The molecule has 11 nitrogen and oxygen atoms in total. The van der Waals surface area contributed by atoms with Crippen molar-refractivity contribution in [2.45, 2.75) is 232 Å². The van der Waals surface area contributed by atoms with E-state index < -0.39 is 30.6 Å². The highest BCUT2D eigenvalue weighted by molar-refractivity contribution is 5.94.